The molecule has 0 aliphatic heterocycles. The number of hydrogen-bond donors (Lipinski definition) is 0. The van der Waals surface area contributed by atoms with Gasteiger partial charge in [-0.3, -0.25) is 4.79 Å². The van der Waals surface area contributed by atoms with Crippen LogP contribution in [0.5, 0.6) is 5.75 Å². The highest BCUT2D eigenvalue weighted by molar-refractivity contribution is 5.96. The molecule has 0 atom stereocenters. The molecule has 0 saturated carbocycles. The van der Waals surface area contributed by atoms with Gasteiger partial charge >= 0.3 is 0 Å². The average Bonchev–Trinajstić information content (AvgIpc) is 2.81. The van der Waals surface area contributed by atoms with Crippen LogP contribution in [0.1, 0.15) is 28.3 Å². The van der Waals surface area contributed by atoms with Crippen LogP contribution in [0.4, 0.5) is 4.39 Å². The lowest BCUT2D eigenvalue weighted by atomic mass is 10.1. The number of ether oxygens (including phenoxy) is 1. The summed E-state index contributed by atoms with van der Waals surface area (Å²) >= 11 is 0. The Bertz CT molecular complexity index is 587. The van der Waals surface area contributed by atoms with Gasteiger partial charge in [0.15, 0.2) is 17.3 Å². The second-order valence-corrected chi connectivity index (χ2v) is 4.28. The largest absolute Gasteiger partial charge is 0.494 e. The Labute approximate surface area is 111 Å². The fraction of sp³-hybridized carbons (Fsp3) is 0.267. The summed E-state index contributed by atoms with van der Waals surface area (Å²) in [6.45, 7) is 1.85. The average molecular weight is 262 g/mol. The highest BCUT2D eigenvalue weighted by Crippen LogP contribution is 2.19. The summed E-state index contributed by atoms with van der Waals surface area (Å²) in [4.78, 5) is 11.9. The van der Waals surface area contributed by atoms with Crippen molar-refractivity contribution in [3.05, 3.63) is 53.2 Å². The zero-order chi connectivity index (χ0) is 13.8. The maximum Gasteiger partial charge on any atom is 0.165 e. The van der Waals surface area contributed by atoms with E-state index < -0.39 is 5.82 Å². The Hall–Kier alpha value is -2.10. The first-order valence-corrected chi connectivity index (χ1v) is 6.02. The SMILES string of the molecule is COc1ccc(C(=O)CCc2ccc(C)o2)cc1F. The van der Waals surface area contributed by atoms with E-state index in [4.69, 9.17) is 9.15 Å². The van der Waals surface area contributed by atoms with Crippen LogP contribution in [0, 0.1) is 12.7 Å². The van der Waals surface area contributed by atoms with Gasteiger partial charge in [-0.15, -0.1) is 0 Å². The molecule has 0 amide bonds. The van der Waals surface area contributed by atoms with Gasteiger partial charge in [0.25, 0.3) is 0 Å². The van der Waals surface area contributed by atoms with E-state index in [0.717, 1.165) is 11.5 Å². The third-order valence-electron chi connectivity index (χ3n) is 2.87. The lowest BCUT2D eigenvalue weighted by molar-refractivity contribution is 0.0980. The Balaban J connectivity index is 2.01. The van der Waals surface area contributed by atoms with Gasteiger partial charge in [0.05, 0.1) is 7.11 Å². The minimum atomic E-state index is -0.526. The second kappa shape index (κ2) is 5.69. The maximum absolute atomic E-state index is 13.5. The topological polar surface area (TPSA) is 39.4 Å². The molecule has 2 aromatic rings. The van der Waals surface area contributed by atoms with Gasteiger partial charge in [0.2, 0.25) is 0 Å². The Morgan fingerprint density at radius 1 is 1.32 bits per heavy atom. The predicted molar refractivity (Wildman–Crippen MR) is 69.0 cm³/mol. The lowest BCUT2D eigenvalue weighted by Gasteiger charge is -2.04. The van der Waals surface area contributed by atoms with Crippen LogP contribution in [0.2, 0.25) is 0 Å². The molecule has 19 heavy (non-hydrogen) atoms. The summed E-state index contributed by atoms with van der Waals surface area (Å²) in [5.41, 5.74) is 0.349. The van der Waals surface area contributed by atoms with Gasteiger partial charge in [0, 0.05) is 18.4 Å². The van der Waals surface area contributed by atoms with Crippen LogP contribution in [-0.4, -0.2) is 12.9 Å². The number of furan rings is 1. The van der Waals surface area contributed by atoms with Crippen molar-refractivity contribution in [2.24, 2.45) is 0 Å². The summed E-state index contributed by atoms with van der Waals surface area (Å²) in [5, 5.41) is 0. The van der Waals surface area contributed by atoms with Crippen molar-refractivity contribution in [3.8, 4) is 5.75 Å². The molecule has 0 aliphatic carbocycles. The van der Waals surface area contributed by atoms with Crippen molar-refractivity contribution >= 4 is 5.78 Å². The van der Waals surface area contributed by atoms with Gasteiger partial charge < -0.3 is 9.15 Å². The summed E-state index contributed by atoms with van der Waals surface area (Å²) in [5.74, 6) is 1.08. The first kappa shape index (κ1) is 13.3. The van der Waals surface area contributed by atoms with Crippen molar-refractivity contribution in [1.29, 1.82) is 0 Å². The molecule has 0 fully saturated rings. The van der Waals surface area contributed by atoms with Crippen molar-refractivity contribution in [2.75, 3.05) is 7.11 Å². The number of aryl methyl sites for hydroxylation is 2. The van der Waals surface area contributed by atoms with Crippen LogP contribution < -0.4 is 4.74 Å². The van der Waals surface area contributed by atoms with Gasteiger partial charge in [-0.25, -0.2) is 4.39 Å². The van der Waals surface area contributed by atoms with Crippen LogP contribution in [0.3, 0.4) is 0 Å². The van der Waals surface area contributed by atoms with E-state index in [1.165, 1.54) is 19.2 Å². The van der Waals surface area contributed by atoms with Crippen LogP contribution in [0.15, 0.2) is 34.7 Å². The standard InChI is InChI=1S/C15H15FO3/c1-10-3-5-12(19-10)6-7-14(17)11-4-8-15(18-2)13(16)9-11/h3-5,8-9H,6-7H2,1-2H3. The van der Waals surface area contributed by atoms with E-state index in [-0.39, 0.29) is 11.5 Å². The van der Waals surface area contributed by atoms with Crippen LogP contribution in [-0.2, 0) is 6.42 Å². The summed E-state index contributed by atoms with van der Waals surface area (Å²) in [6.07, 6.45) is 0.805. The molecule has 0 spiro atoms. The number of methoxy groups -OCH3 is 1. The first-order valence-electron chi connectivity index (χ1n) is 6.02. The molecule has 0 unspecified atom stereocenters. The molecule has 0 radical (unpaired) electrons. The zero-order valence-corrected chi connectivity index (χ0v) is 10.9. The molecule has 1 aromatic carbocycles. The van der Waals surface area contributed by atoms with E-state index in [1.54, 1.807) is 6.07 Å². The Kier molecular flexibility index (Phi) is 4.00. The molecule has 3 nitrogen and oxygen atoms in total. The number of rotatable bonds is 5. The molecular formula is C15H15FO3. The zero-order valence-electron chi connectivity index (χ0n) is 10.9. The molecular weight excluding hydrogens is 247 g/mol. The summed E-state index contributed by atoms with van der Waals surface area (Å²) in [7, 11) is 1.39. The van der Waals surface area contributed by atoms with E-state index in [0.29, 0.717) is 18.4 Å². The normalized spacial score (nSPS) is 10.5. The van der Waals surface area contributed by atoms with Gasteiger partial charge in [-0.05, 0) is 37.3 Å². The summed E-state index contributed by atoms with van der Waals surface area (Å²) < 4.78 is 23.7. The second-order valence-electron chi connectivity index (χ2n) is 4.28. The number of ketones is 1. The van der Waals surface area contributed by atoms with Gasteiger partial charge in [-0.1, -0.05) is 0 Å². The van der Waals surface area contributed by atoms with Crippen molar-refractivity contribution in [2.45, 2.75) is 19.8 Å². The number of carbonyl (C=O) groups is 1. The highest BCUT2D eigenvalue weighted by atomic mass is 19.1. The van der Waals surface area contributed by atoms with Gasteiger partial charge in [-0.2, -0.15) is 0 Å². The minimum Gasteiger partial charge on any atom is -0.494 e. The number of carbonyl (C=O) groups excluding carboxylic acids is 1. The molecule has 100 valence electrons. The molecule has 0 saturated heterocycles. The number of Topliss-reactive ketones (excluding diaryl/α,β-unsaturated/α-hetero) is 1. The molecule has 0 aliphatic rings. The fourth-order valence-electron chi connectivity index (χ4n) is 1.84. The van der Waals surface area contributed by atoms with Gasteiger partial charge in [0.1, 0.15) is 11.5 Å². The number of halogens is 1. The molecule has 0 bridgehead atoms. The van der Waals surface area contributed by atoms with Crippen LogP contribution >= 0.6 is 0 Å². The summed E-state index contributed by atoms with van der Waals surface area (Å²) in [6, 6.07) is 7.93. The molecule has 4 heteroatoms. The third-order valence-corrected chi connectivity index (χ3v) is 2.87. The predicted octanol–water partition coefficient (Wildman–Crippen LogP) is 3.55. The third kappa shape index (κ3) is 3.22. The number of hydrogen-bond acceptors (Lipinski definition) is 3. The van der Waals surface area contributed by atoms with E-state index in [1.807, 2.05) is 19.1 Å². The van der Waals surface area contributed by atoms with Crippen molar-refractivity contribution < 1.29 is 18.3 Å². The fourth-order valence-corrected chi connectivity index (χ4v) is 1.84. The Morgan fingerprint density at radius 3 is 2.68 bits per heavy atom. The Morgan fingerprint density at radius 2 is 2.11 bits per heavy atom. The first-order chi connectivity index (χ1) is 9.10. The van der Waals surface area contributed by atoms with E-state index in [2.05, 4.69) is 0 Å². The molecule has 2 rings (SSSR count). The molecule has 0 N–H and O–H groups in total. The van der Waals surface area contributed by atoms with Crippen molar-refractivity contribution in [3.63, 3.8) is 0 Å². The van der Waals surface area contributed by atoms with E-state index in [9.17, 15) is 9.18 Å². The molecule has 1 aromatic heterocycles. The van der Waals surface area contributed by atoms with Crippen LogP contribution in [0.25, 0.3) is 0 Å². The monoisotopic (exact) mass is 262 g/mol. The minimum absolute atomic E-state index is 0.115. The smallest absolute Gasteiger partial charge is 0.165 e. The van der Waals surface area contributed by atoms with Crippen molar-refractivity contribution in [1.82, 2.24) is 0 Å². The maximum atomic E-state index is 13.5. The highest BCUT2D eigenvalue weighted by Gasteiger charge is 2.11. The number of benzene rings is 1. The molecule has 1 heterocycles. The van der Waals surface area contributed by atoms with E-state index >= 15 is 0 Å². The lowest BCUT2D eigenvalue weighted by Crippen LogP contribution is -2.02. The quantitative estimate of drug-likeness (QED) is 0.773.